The molecule has 2 rings (SSSR count). The van der Waals surface area contributed by atoms with Gasteiger partial charge in [0.1, 0.15) is 0 Å². The largest absolute Gasteiger partial charge is 0.301 e. The van der Waals surface area contributed by atoms with E-state index in [1.807, 2.05) is 6.07 Å². The highest BCUT2D eigenvalue weighted by Crippen LogP contribution is 2.19. The number of hydrogen-bond acceptors (Lipinski definition) is 2. The summed E-state index contributed by atoms with van der Waals surface area (Å²) in [5.41, 5.74) is 0.575. The molecule has 0 radical (unpaired) electrons. The van der Waals surface area contributed by atoms with Crippen molar-refractivity contribution in [3.8, 4) is 0 Å². The monoisotopic (exact) mass is 276 g/mol. The van der Waals surface area contributed by atoms with Crippen LogP contribution in [0.15, 0.2) is 28.7 Å². The summed E-state index contributed by atoms with van der Waals surface area (Å²) < 4.78 is 27.7. The lowest BCUT2D eigenvalue weighted by Gasteiger charge is -2.07. The summed E-state index contributed by atoms with van der Waals surface area (Å²) in [7, 11) is -3.29. The number of hydrogen-bond donors (Lipinski definition) is 1. The van der Waals surface area contributed by atoms with E-state index in [0.29, 0.717) is 18.8 Å². The molecule has 1 aliphatic rings. The van der Waals surface area contributed by atoms with Crippen LogP contribution in [0, 0.1) is 0 Å². The molecule has 0 spiro atoms. The Balaban J connectivity index is 2.18. The van der Waals surface area contributed by atoms with Crippen molar-refractivity contribution in [1.82, 2.24) is 4.31 Å². The molecule has 0 saturated carbocycles. The summed E-state index contributed by atoms with van der Waals surface area (Å²) in [6.45, 7) is 1.23. The highest BCUT2D eigenvalue weighted by atomic mass is 79.9. The minimum atomic E-state index is -3.29. The molecular weight excluding hydrogens is 268 g/mol. The molecule has 0 aliphatic carbocycles. The van der Waals surface area contributed by atoms with E-state index in [1.165, 1.54) is 4.31 Å². The van der Waals surface area contributed by atoms with Gasteiger partial charge in [-0.3, -0.25) is 4.72 Å². The summed E-state index contributed by atoms with van der Waals surface area (Å²) in [4.78, 5) is 0. The van der Waals surface area contributed by atoms with Crippen molar-refractivity contribution < 1.29 is 8.42 Å². The molecule has 76 valence electrons. The molecule has 0 unspecified atom stereocenters. The van der Waals surface area contributed by atoms with Crippen molar-refractivity contribution >= 4 is 31.8 Å². The van der Waals surface area contributed by atoms with Gasteiger partial charge in [0.2, 0.25) is 0 Å². The van der Waals surface area contributed by atoms with E-state index in [4.69, 9.17) is 0 Å². The van der Waals surface area contributed by atoms with Crippen LogP contribution < -0.4 is 4.72 Å². The molecule has 0 atom stereocenters. The van der Waals surface area contributed by atoms with E-state index in [2.05, 4.69) is 20.7 Å². The van der Waals surface area contributed by atoms with Crippen LogP contribution in [0.4, 0.5) is 5.69 Å². The lowest BCUT2D eigenvalue weighted by atomic mass is 10.3. The van der Waals surface area contributed by atoms with Crippen molar-refractivity contribution in [1.29, 1.82) is 0 Å². The van der Waals surface area contributed by atoms with Gasteiger partial charge in [-0.15, -0.1) is 0 Å². The Hall–Kier alpha value is -0.590. The Bertz CT molecular complexity index is 442. The number of halogens is 1. The summed E-state index contributed by atoms with van der Waals surface area (Å²) in [5.74, 6) is 0. The van der Waals surface area contributed by atoms with Gasteiger partial charge < -0.3 is 0 Å². The van der Waals surface area contributed by atoms with Crippen molar-refractivity contribution in [3.63, 3.8) is 0 Å². The van der Waals surface area contributed by atoms with Crippen LogP contribution in [0.3, 0.4) is 0 Å². The number of rotatable bonds is 3. The summed E-state index contributed by atoms with van der Waals surface area (Å²) in [6.07, 6.45) is 0. The number of anilines is 1. The molecule has 14 heavy (non-hydrogen) atoms. The molecule has 1 N–H and O–H groups in total. The van der Waals surface area contributed by atoms with Gasteiger partial charge in [0, 0.05) is 17.6 Å². The van der Waals surface area contributed by atoms with Crippen LogP contribution >= 0.6 is 15.9 Å². The van der Waals surface area contributed by atoms with E-state index in [0.717, 1.165) is 4.47 Å². The molecule has 0 bridgehead atoms. The fraction of sp³-hybridized carbons (Fsp3) is 0.250. The van der Waals surface area contributed by atoms with Crippen LogP contribution in [-0.2, 0) is 10.2 Å². The van der Waals surface area contributed by atoms with Gasteiger partial charge in [0.05, 0.1) is 5.69 Å². The maximum absolute atomic E-state index is 11.5. The first kappa shape index (κ1) is 9.95. The third-order valence-electron chi connectivity index (χ3n) is 1.82. The van der Waals surface area contributed by atoms with Gasteiger partial charge >= 0.3 is 10.2 Å². The zero-order valence-corrected chi connectivity index (χ0v) is 9.68. The predicted molar refractivity (Wildman–Crippen MR) is 58.3 cm³/mol. The molecule has 1 saturated heterocycles. The predicted octanol–water partition coefficient (Wildman–Crippen LogP) is 1.42. The summed E-state index contributed by atoms with van der Waals surface area (Å²) in [5, 5.41) is 0. The fourth-order valence-corrected chi connectivity index (χ4v) is 2.56. The van der Waals surface area contributed by atoms with Crippen LogP contribution in [-0.4, -0.2) is 25.8 Å². The van der Waals surface area contributed by atoms with E-state index in [1.54, 1.807) is 18.2 Å². The number of nitrogens with zero attached hydrogens (tertiary/aromatic N) is 1. The number of benzene rings is 1. The molecule has 6 heteroatoms. The molecule has 0 aromatic heterocycles. The number of nitrogens with one attached hydrogen (secondary N) is 1. The first-order valence-corrected chi connectivity index (χ1v) is 6.35. The minimum Gasteiger partial charge on any atom is -0.271 e. The Morgan fingerprint density at radius 1 is 1.36 bits per heavy atom. The molecule has 0 amide bonds. The second-order valence-corrected chi connectivity index (χ2v) is 5.60. The molecule has 1 aromatic rings. The van der Waals surface area contributed by atoms with E-state index in [9.17, 15) is 8.42 Å². The van der Waals surface area contributed by atoms with Gasteiger partial charge in [0.15, 0.2) is 0 Å². The SMILES string of the molecule is O=S(=O)(Nc1cccc(Br)c1)N1CC1. The first-order chi connectivity index (χ1) is 6.58. The second kappa shape index (κ2) is 3.52. The highest BCUT2D eigenvalue weighted by Gasteiger charge is 2.31. The summed E-state index contributed by atoms with van der Waals surface area (Å²) >= 11 is 3.27. The molecule has 4 nitrogen and oxygen atoms in total. The smallest absolute Gasteiger partial charge is 0.271 e. The molecule has 1 fully saturated rings. The molecule has 1 heterocycles. The quantitative estimate of drug-likeness (QED) is 0.849. The molecular formula is C8H9BrN2O2S. The van der Waals surface area contributed by atoms with Gasteiger partial charge in [-0.05, 0) is 18.2 Å². The molecule has 1 aliphatic heterocycles. The Morgan fingerprint density at radius 2 is 2.07 bits per heavy atom. The first-order valence-electron chi connectivity index (χ1n) is 4.11. The van der Waals surface area contributed by atoms with Gasteiger partial charge in [-0.25, -0.2) is 0 Å². The van der Waals surface area contributed by atoms with Crippen molar-refractivity contribution in [3.05, 3.63) is 28.7 Å². The maximum atomic E-state index is 11.5. The van der Waals surface area contributed by atoms with Crippen LogP contribution in [0.1, 0.15) is 0 Å². The standard InChI is InChI=1S/C8H9BrN2O2S/c9-7-2-1-3-8(6-7)10-14(12,13)11-4-5-11/h1-3,6,10H,4-5H2. The van der Waals surface area contributed by atoms with E-state index in [-0.39, 0.29) is 0 Å². The summed E-state index contributed by atoms with van der Waals surface area (Å²) in [6, 6.07) is 7.06. The van der Waals surface area contributed by atoms with Gasteiger partial charge in [-0.1, -0.05) is 22.0 Å². The minimum absolute atomic E-state index is 0.575. The van der Waals surface area contributed by atoms with Gasteiger partial charge in [0.25, 0.3) is 0 Å². The molecule has 1 aromatic carbocycles. The topological polar surface area (TPSA) is 49.2 Å². The van der Waals surface area contributed by atoms with Crippen molar-refractivity contribution in [2.45, 2.75) is 0 Å². The highest BCUT2D eigenvalue weighted by molar-refractivity contribution is 9.10. The van der Waals surface area contributed by atoms with Crippen molar-refractivity contribution in [2.75, 3.05) is 17.8 Å². The van der Waals surface area contributed by atoms with Crippen molar-refractivity contribution in [2.24, 2.45) is 0 Å². The van der Waals surface area contributed by atoms with E-state index >= 15 is 0 Å². The Morgan fingerprint density at radius 3 is 2.64 bits per heavy atom. The average Bonchev–Trinajstić information content (AvgIpc) is 2.84. The van der Waals surface area contributed by atoms with Gasteiger partial charge in [-0.2, -0.15) is 12.7 Å². The Kier molecular flexibility index (Phi) is 2.50. The normalized spacial score (nSPS) is 16.6. The zero-order chi connectivity index (χ0) is 10.2. The maximum Gasteiger partial charge on any atom is 0.301 e. The third-order valence-corrected chi connectivity index (χ3v) is 3.85. The average molecular weight is 277 g/mol. The van der Waals surface area contributed by atoms with Crippen LogP contribution in [0.2, 0.25) is 0 Å². The van der Waals surface area contributed by atoms with E-state index < -0.39 is 10.2 Å². The zero-order valence-electron chi connectivity index (χ0n) is 7.27. The second-order valence-electron chi connectivity index (χ2n) is 3.02. The fourth-order valence-electron chi connectivity index (χ4n) is 1.05. The lowest BCUT2D eigenvalue weighted by molar-refractivity contribution is 0.569. The Labute approximate surface area is 91.2 Å². The van der Waals surface area contributed by atoms with Crippen LogP contribution in [0.25, 0.3) is 0 Å². The third kappa shape index (κ3) is 2.26. The lowest BCUT2D eigenvalue weighted by Crippen LogP contribution is -2.20. The van der Waals surface area contributed by atoms with Crippen LogP contribution in [0.5, 0.6) is 0 Å².